The minimum atomic E-state index is 0.226. The summed E-state index contributed by atoms with van der Waals surface area (Å²) in [5.74, 6) is 1.45. The smallest absolute Gasteiger partial charge is 0.119 e. The number of nitrogens with two attached hydrogens (primary N) is 1. The number of benzene rings is 1. The van der Waals surface area contributed by atoms with Crippen molar-refractivity contribution in [2.75, 3.05) is 0 Å². The Morgan fingerprint density at radius 1 is 1.06 bits per heavy atom. The molecule has 1 atom stereocenters. The van der Waals surface area contributed by atoms with Gasteiger partial charge in [-0.25, -0.2) is 0 Å². The van der Waals surface area contributed by atoms with Crippen molar-refractivity contribution in [2.24, 2.45) is 11.7 Å². The van der Waals surface area contributed by atoms with Crippen molar-refractivity contribution < 1.29 is 4.74 Å². The maximum Gasteiger partial charge on any atom is 0.119 e. The quantitative estimate of drug-likeness (QED) is 0.829. The highest BCUT2D eigenvalue weighted by atomic mass is 16.5. The van der Waals surface area contributed by atoms with Crippen molar-refractivity contribution in [2.45, 2.75) is 46.3 Å². The third-order valence-corrected chi connectivity index (χ3v) is 2.62. The van der Waals surface area contributed by atoms with Crippen molar-refractivity contribution in [1.82, 2.24) is 0 Å². The zero-order chi connectivity index (χ0) is 12.1. The zero-order valence-corrected chi connectivity index (χ0v) is 10.7. The molecule has 0 aliphatic rings. The van der Waals surface area contributed by atoms with E-state index in [4.69, 9.17) is 10.5 Å². The highest BCUT2D eigenvalue weighted by Gasteiger charge is 2.08. The first kappa shape index (κ1) is 13.0. The van der Waals surface area contributed by atoms with E-state index in [-0.39, 0.29) is 12.1 Å². The summed E-state index contributed by atoms with van der Waals surface area (Å²) in [6.07, 6.45) is 1.16. The van der Waals surface area contributed by atoms with Crippen molar-refractivity contribution in [1.29, 1.82) is 0 Å². The third-order valence-electron chi connectivity index (χ3n) is 2.62. The number of hydrogen-bond donors (Lipinski definition) is 1. The second-order valence-corrected chi connectivity index (χ2v) is 4.92. The second-order valence-electron chi connectivity index (χ2n) is 4.92. The molecule has 0 amide bonds. The summed E-state index contributed by atoms with van der Waals surface area (Å²) in [7, 11) is 0. The van der Waals surface area contributed by atoms with Gasteiger partial charge in [0, 0.05) is 6.04 Å². The molecular formula is C14H23NO. The molecule has 0 radical (unpaired) electrons. The Labute approximate surface area is 98.8 Å². The zero-order valence-electron chi connectivity index (χ0n) is 10.7. The summed E-state index contributed by atoms with van der Waals surface area (Å²) in [4.78, 5) is 0. The average molecular weight is 221 g/mol. The van der Waals surface area contributed by atoms with Crippen LogP contribution in [0.1, 0.15) is 33.3 Å². The molecule has 16 heavy (non-hydrogen) atoms. The van der Waals surface area contributed by atoms with Crippen molar-refractivity contribution >= 4 is 0 Å². The molecule has 2 heteroatoms. The molecule has 0 saturated carbocycles. The molecule has 0 heterocycles. The van der Waals surface area contributed by atoms with Gasteiger partial charge in [0.1, 0.15) is 5.75 Å². The fourth-order valence-electron chi connectivity index (χ4n) is 1.48. The first-order valence-electron chi connectivity index (χ1n) is 6.00. The Balaban J connectivity index is 2.57. The molecule has 0 aromatic heterocycles. The maximum atomic E-state index is 6.04. The summed E-state index contributed by atoms with van der Waals surface area (Å²) in [5, 5.41) is 0. The minimum Gasteiger partial charge on any atom is -0.491 e. The number of ether oxygens (including phenoxy) is 1. The maximum absolute atomic E-state index is 6.04. The first-order chi connectivity index (χ1) is 7.49. The lowest BCUT2D eigenvalue weighted by Gasteiger charge is -2.16. The molecule has 0 spiro atoms. The minimum absolute atomic E-state index is 0.226. The molecule has 1 aromatic carbocycles. The highest BCUT2D eigenvalue weighted by Crippen LogP contribution is 2.15. The van der Waals surface area contributed by atoms with Gasteiger partial charge in [0.2, 0.25) is 0 Å². The topological polar surface area (TPSA) is 35.2 Å². The van der Waals surface area contributed by atoms with Crippen molar-refractivity contribution in [3.8, 4) is 5.75 Å². The fourth-order valence-corrected chi connectivity index (χ4v) is 1.48. The lowest BCUT2D eigenvalue weighted by atomic mass is 9.97. The van der Waals surface area contributed by atoms with Crippen LogP contribution in [-0.4, -0.2) is 12.1 Å². The molecule has 0 saturated heterocycles. The first-order valence-corrected chi connectivity index (χ1v) is 6.00. The molecule has 2 N–H and O–H groups in total. The lowest BCUT2D eigenvalue weighted by molar-refractivity contribution is 0.242. The summed E-state index contributed by atoms with van der Waals surface area (Å²) >= 11 is 0. The van der Waals surface area contributed by atoms with Crippen molar-refractivity contribution in [3.05, 3.63) is 29.8 Å². The van der Waals surface area contributed by atoms with Crippen LogP contribution in [0.25, 0.3) is 0 Å². The van der Waals surface area contributed by atoms with E-state index in [0.29, 0.717) is 5.92 Å². The van der Waals surface area contributed by atoms with Gasteiger partial charge in [0.15, 0.2) is 0 Å². The van der Waals surface area contributed by atoms with E-state index >= 15 is 0 Å². The van der Waals surface area contributed by atoms with E-state index in [1.807, 2.05) is 26.0 Å². The van der Waals surface area contributed by atoms with Crippen LogP contribution in [0.15, 0.2) is 24.3 Å². The van der Waals surface area contributed by atoms with Crippen LogP contribution in [0.4, 0.5) is 0 Å². The Kier molecular flexibility index (Phi) is 4.81. The molecule has 2 nitrogen and oxygen atoms in total. The third kappa shape index (κ3) is 4.23. The predicted molar refractivity (Wildman–Crippen MR) is 68.7 cm³/mol. The second kappa shape index (κ2) is 5.90. The number of rotatable bonds is 5. The summed E-state index contributed by atoms with van der Waals surface area (Å²) in [6, 6.07) is 8.46. The van der Waals surface area contributed by atoms with E-state index in [1.54, 1.807) is 0 Å². The molecule has 0 aliphatic carbocycles. The van der Waals surface area contributed by atoms with Gasteiger partial charge in [-0.15, -0.1) is 0 Å². The average Bonchev–Trinajstić information content (AvgIpc) is 2.20. The van der Waals surface area contributed by atoms with Crippen LogP contribution in [0, 0.1) is 5.92 Å². The van der Waals surface area contributed by atoms with Gasteiger partial charge in [0.25, 0.3) is 0 Å². The van der Waals surface area contributed by atoms with Crippen LogP contribution >= 0.6 is 0 Å². The van der Waals surface area contributed by atoms with E-state index in [2.05, 4.69) is 26.0 Å². The summed E-state index contributed by atoms with van der Waals surface area (Å²) < 4.78 is 5.59. The summed E-state index contributed by atoms with van der Waals surface area (Å²) in [6.45, 7) is 8.37. The van der Waals surface area contributed by atoms with E-state index < -0.39 is 0 Å². The van der Waals surface area contributed by atoms with Crippen LogP contribution < -0.4 is 10.5 Å². The van der Waals surface area contributed by atoms with Gasteiger partial charge >= 0.3 is 0 Å². The van der Waals surface area contributed by atoms with Crippen LogP contribution in [0.5, 0.6) is 5.75 Å². The highest BCUT2D eigenvalue weighted by molar-refractivity contribution is 5.27. The van der Waals surface area contributed by atoms with Crippen molar-refractivity contribution in [3.63, 3.8) is 0 Å². The molecule has 0 fully saturated rings. The molecule has 0 bridgehead atoms. The van der Waals surface area contributed by atoms with E-state index in [0.717, 1.165) is 12.2 Å². The Bertz CT molecular complexity index is 303. The SMILES string of the molecule is CC(C)Oc1ccc(CC(N)C(C)C)cc1. The molecule has 1 unspecified atom stereocenters. The monoisotopic (exact) mass is 221 g/mol. The molecule has 0 aliphatic heterocycles. The molecular weight excluding hydrogens is 198 g/mol. The van der Waals surface area contributed by atoms with Crippen LogP contribution in [0.3, 0.4) is 0 Å². The van der Waals surface area contributed by atoms with E-state index in [1.165, 1.54) is 5.56 Å². The van der Waals surface area contributed by atoms with Crippen LogP contribution in [-0.2, 0) is 6.42 Å². The van der Waals surface area contributed by atoms with Gasteiger partial charge in [-0.1, -0.05) is 26.0 Å². The predicted octanol–water partition coefficient (Wildman–Crippen LogP) is 3.00. The lowest BCUT2D eigenvalue weighted by Crippen LogP contribution is -2.28. The summed E-state index contributed by atoms with van der Waals surface area (Å²) in [5.41, 5.74) is 7.31. The molecule has 1 aromatic rings. The molecule has 1 rings (SSSR count). The Morgan fingerprint density at radius 2 is 1.62 bits per heavy atom. The van der Waals surface area contributed by atoms with E-state index in [9.17, 15) is 0 Å². The van der Waals surface area contributed by atoms with Gasteiger partial charge in [0.05, 0.1) is 6.10 Å². The standard InChI is InChI=1S/C14H23NO/c1-10(2)14(15)9-12-5-7-13(8-6-12)16-11(3)4/h5-8,10-11,14H,9,15H2,1-4H3. The normalized spacial score (nSPS) is 13.2. The van der Waals surface area contributed by atoms with Gasteiger partial charge in [-0.3, -0.25) is 0 Å². The largest absolute Gasteiger partial charge is 0.491 e. The van der Waals surface area contributed by atoms with Crippen LogP contribution in [0.2, 0.25) is 0 Å². The Morgan fingerprint density at radius 3 is 2.06 bits per heavy atom. The Hall–Kier alpha value is -1.02. The van der Waals surface area contributed by atoms with Gasteiger partial charge in [-0.05, 0) is 43.9 Å². The van der Waals surface area contributed by atoms with Gasteiger partial charge in [-0.2, -0.15) is 0 Å². The molecule has 90 valence electrons. The van der Waals surface area contributed by atoms with Gasteiger partial charge < -0.3 is 10.5 Å². The number of hydrogen-bond acceptors (Lipinski definition) is 2. The fraction of sp³-hybridized carbons (Fsp3) is 0.571.